The minimum atomic E-state index is -1.79. The first-order valence-electron chi connectivity index (χ1n) is 32.6. The lowest BCUT2D eigenvalue weighted by Crippen LogP contribution is -2.59. The van der Waals surface area contributed by atoms with E-state index in [1.807, 2.05) is 0 Å². The zero-order chi connectivity index (χ0) is 70.0. The Labute approximate surface area is 560 Å². The van der Waals surface area contributed by atoms with Gasteiger partial charge in [0.2, 0.25) is 47.3 Å². The van der Waals surface area contributed by atoms with E-state index in [9.17, 15) is 62.1 Å². The Kier molecular flexibility index (Phi) is 24.7. The van der Waals surface area contributed by atoms with Gasteiger partial charge in [0, 0.05) is 116 Å². The van der Waals surface area contributed by atoms with Crippen LogP contribution in [0.25, 0.3) is 21.8 Å². The van der Waals surface area contributed by atoms with E-state index in [1.165, 1.54) is 90.5 Å². The van der Waals surface area contributed by atoms with Crippen molar-refractivity contribution in [3.8, 4) is 5.75 Å². The maximum absolute atomic E-state index is 15.1. The van der Waals surface area contributed by atoms with E-state index in [4.69, 9.17) is 11.5 Å². The van der Waals surface area contributed by atoms with E-state index >= 15 is 9.59 Å². The number of amides is 8. The van der Waals surface area contributed by atoms with Gasteiger partial charge in [0.1, 0.15) is 53.4 Å². The first-order valence-corrected chi connectivity index (χ1v) is 32.6. The number of carbonyl (C=O) groups is 11. The largest absolute Gasteiger partial charge is 0.508 e. The number of rotatable bonds is 15. The summed E-state index contributed by atoms with van der Waals surface area (Å²) < 4.78 is 31.3. The molecule has 0 radical (unpaired) electrons. The number of carbonyl (C=O) groups excluding carboxylic acids is 10. The van der Waals surface area contributed by atoms with Crippen molar-refractivity contribution in [1.29, 1.82) is 0 Å². The van der Waals surface area contributed by atoms with Crippen LogP contribution in [0, 0.1) is 23.5 Å². The maximum Gasteiger partial charge on any atom is 0.304 e. The summed E-state index contributed by atoms with van der Waals surface area (Å²) in [5.74, 6) is -13.8. The molecule has 6 heterocycles. The maximum atomic E-state index is 15.1. The molecule has 4 aromatic heterocycles. The number of H-pyrrole nitrogens is 3. The quantitative estimate of drug-likeness (QED) is 0.0651. The molecule has 3 aromatic carbocycles. The van der Waals surface area contributed by atoms with Crippen molar-refractivity contribution in [3.05, 3.63) is 131 Å². The second-order valence-electron chi connectivity index (χ2n) is 24.9. The molecule has 7 aromatic rings. The van der Waals surface area contributed by atoms with Gasteiger partial charge in [0.05, 0.1) is 36.9 Å². The number of Topliss-reactive ketones (excluding diaryl/α,β-unsaturated/α-hetero) is 2. The molecular weight excluding hydrogens is 1270 g/mol. The van der Waals surface area contributed by atoms with Gasteiger partial charge in [-0.15, -0.1) is 5.10 Å². The van der Waals surface area contributed by atoms with Crippen molar-refractivity contribution in [2.24, 2.45) is 23.3 Å². The fraction of sp³-hybridized carbons (Fsp3) is 0.433. The highest BCUT2D eigenvalue weighted by Gasteiger charge is 2.41. The number of halogens is 2. The van der Waals surface area contributed by atoms with Gasteiger partial charge in [-0.2, -0.15) is 0 Å². The topological polar surface area (TPSA) is 447 Å². The summed E-state index contributed by atoms with van der Waals surface area (Å²) in [6.07, 6.45) is 6.62. The van der Waals surface area contributed by atoms with E-state index in [2.05, 4.69) is 62.1 Å². The number of primary amides is 1. The summed E-state index contributed by atoms with van der Waals surface area (Å²) >= 11 is 0. The molecule has 0 spiro atoms. The van der Waals surface area contributed by atoms with Crippen LogP contribution in [0.15, 0.2) is 91.8 Å². The van der Waals surface area contributed by atoms with Gasteiger partial charge in [0.15, 0.2) is 5.78 Å². The van der Waals surface area contributed by atoms with Crippen LogP contribution in [0.5, 0.6) is 5.75 Å². The van der Waals surface area contributed by atoms with Crippen LogP contribution >= 0.6 is 0 Å². The highest BCUT2D eigenvalue weighted by molar-refractivity contribution is 6.00. The molecule has 2 aliphatic rings. The lowest BCUT2D eigenvalue weighted by Gasteiger charge is -2.31. The number of carboxylic acids is 1. The van der Waals surface area contributed by atoms with Gasteiger partial charge in [-0.25, -0.2) is 13.8 Å². The minimum Gasteiger partial charge on any atom is -0.508 e. The number of nitrogens with one attached hydrogen (secondary N) is 9. The number of aliphatic carboxylic acids is 1. The molecule has 0 aliphatic carbocycles. The number of aromatic hydroxyl groups is 1. The van der Waals surface area contributed by atoms with E-state index < -0.39 is 145 Å². The predicted octanol–water partition coefficient (Wildman–Crippen LogP) is 1.81. The van der Waals surface area contributed by atoms with Crippen molar-refractivity contribution in [2.45, 2.75) is 152 Å². The van der Waals surface area contributed by atoms with Crippen molar-refractivity contribution in [3.63, 3.8) is 0 Å². The number of aromatic amines is 3. The zero-order valence-corrected chi connectivity index (χ0v) is 53.7. The second kappa shape index (κ2) is 33.8. The number of fused-ring (bicyclic) bond motifs is 5. The minimum absolute atomic E-state index is 0.00979. The molecule has 1 fully saturated rings. The van der Waals surface area contributed by atoms with E-state index in [0.717, 1.165) is 0 Å². The Morgan fingerprint density at radius 1 is 0.653 bits per heavy atom. The molecule has 29 nitrogen and oxygen atoms in total. The van der Waals surface area contributed by atoms with Crippen molar-refractivity contribution < 1.29 is 71.7 Å². The van der Waals surface area contributed by atoms with Gasteiger partial charge in [0.25, 0.3) is 0 Å². The number of phenols is 1. The fourth-order valence-electron chi connectivity index (χ4n) is 12.4. The summed E-state index contributed by atoms with van der Waals surface area (Å²) in [6.45, 7) is -0.0107. The molecule has 2 bridgehead atoms. The standard InChI is InChI=1S/C67H80F2N16O13/c68-42-11-16-50-48(28-42)40(31-73-50)24-53-58(88)26-39(27-60(90)91)63(94)80-55(30-45-33-72-36-76-45)65(96)81-56(22-37-9-14-46(86)15-10-37)67(98)85-21-5-8-57(85)66(97)78-52(61(71)92)18-13-44-35-84(83-82-44)20-4-2-7-47(87)23-38(6-1-3-19-70)62(93)75-34-59(89)77-54(64(95)79-53)25-41-32-74-51-17-12-43(69)29-49(41)51/h9-12,14-17,28-29,31-33,35-36,38-39,52-57,73-74,86H,1-8,13,18-27,30,34,70H2,(H2,71,92)(H,72,76)(H,75,93)(H,77,89)(H,78,97)(H,79,95)(H,80,94)(H,81,96)(H,90,91)/t38-,39+,52+,53+,54+,55+,56+,57+/m1/s1. The molecule has 2 aliphatic heterocycles. The van der Waals surface area contributed by atoms with Crippen molar-refractivity contribution >= 4 is 86.6 Å². The first kappa shape index (κ1) is 71.6. The molecular formula is C67H80F2N16O13. The van der Waals surface area contributed by atoms with E-state index in [0.29, 0.717) is 78.4 Å². The first-order chi connectivity index (χ1) is 47.1. The molecule has 1 saturated heterocycles. The molecule has 8 amide bonds. The lowest BCUT2D eigenvalue weighted by molar-refractivity contribution is -0.143. The Morgan fingerprint density at radius 3 is 1.97 bits per heavy atom. The van der Waals surface area contributed by atoms with Crippen LogP contribution in [0.4, 0.5) is 8.78 Å². The van der Waals surface area contributed by atoms with E-state index in [1.54, 1.807) is 10.9 Å². The number of hydrogen-bond donors (Lipinski definition) is 13. The number of unbranched alkanes of at least 4 members (excludes halogenated alkanes) is 1. The lowest BCUT2D eigenvalue weighted by atomic mass is 9.91. The number of imidazole rings is 1. The van der Waals surface area contributed by atoms with Gasteiger partial charge in [-0.1, -0.05) is 23.8 Å². The van der Waals surface area contributed by atoms with Crippen LogP contribution in [0.1, 0.15) is 105 Å². The number of aryl methyl sites for hydroxylation is 2. The second-order valence-corrected chi connectivity index (χ2v) is 24.9. The Balaban J connectivity index is 1.05. The number of phenolic OH excluding ortho intramolecular Hbond substituents is 1. The van der Waals surface area contributed by atoms with E-state index in [-0.39, 0.29) is 92.5 Å². The van der Waals surface area contributed by atoms with Gasteiger partial charge in [-0.3, -0.25) is 57.4 Å². The number of aromatic nitrogens is 7. The average molecular weight is 1360 g/mol. The zero-order valence-electron chi connectivity index (χ0n) is 53.7. The van der Waals surface area contributed by atoms with Crippen LogP contribution in [-0.2, 0) is 91.4 Å². The summed E-state index contributed by atoms with van der Waals surface area (Å²) in [7, 11) is 0. The number of nitrogens with two attached hydrogens (primary N) is 2. The SMILES string of the molecule is NCCCC[C@@H]1CC(=O)CCCCn2cc(nn2)CC[C@@H](C(N)=O)NC(=O)[C@@H]2CCCN2C(=O)[C@H](Cc2ccc(O)cc2)NC(=O)[C@H](Cc2cnc[nH]2)NC(=O)[C@H](CC(=O)O)CC(=O)[C@H](Cc2c[nH]c3ccc(F)cc23)NC(=O)[C@H](Cc2c[nH]c3ccc(F)cc23)NC(=O)CNC1=O. The predicted molar refractivity (Wildman–Crippen MR) is 348 cm³/mol. The van der Waals surface area contributed by atoms with Crippen LogP contribution in [0.2, 0.25) is 0 Å². The van der Waals surface area contributed by atoms with Gasteiger partial charge < -0.3 is 73.4 Å². The molecule has 520 valence electrons. The van der Waals surface area contributed by atoms with Gasteiger partial charge >= 0.3 is 5.97 Å². The Bertz CT molecular complexity index is 4020. The third kappa shape index (κ3) is 19.7. The van der Waals surface area contributed by atoms with Crippen LogP contribution in [0.3, 0.4) is 0 Å². The summed E-state index contributed by atoms with van der Waals surface area (Å²) in [5.41, 5.74) is 14.3. The monoisotopic (exact) mass is 1350 g/mol. The molecule has 8 atom stereocenters. The molecule has 9 rings (SSSR count). The molecule has 0 saturated carbocycles. The number of hydrogen-bond acceptors (Lipinski definition) is 16. The summed E-state index contributed by atoms with van der Waals surface area (Å²) in [5, 5.41) is 45.4. The molecule has 98 heavy (non-hydrogen) atoms. The highest BCUT2D eigenvalue weighted by atomic mass is 19.1. The third-order valence-corrected chi connectivity index (χ3v) is 17.6. The Hall–Kier alpha value is -10.7. The van der Waals surface area contributed by atoms with Gasteiger partial charge in [-0.05, 0) is 123 Å². The average Bonchev–Trinajstić information content (AvgIpc) is 1.89. The molecule has 0 unspecified atom stereocenters. The van der Waals surface area contributed by atoms with Crippen LogP contribution < -0.4 is 43.4 Å². The number of benzene rings is 3. The summed E-state index contributed by atoms with van der Waals surface area (Å²) in [6, 6.07) is 4.61. The highest BCUT2D eigenvalue weighted by Crippen LogP contribution is 2.26. The fourth-order valence-corrected chi connectivity index (χ4v) is 12.4. The third-order valence-electron chi connectivity index (χ3n) is 17.6. The Morgan fingerprint density at radius 2 is 1.32 bits per heavy atom. The smallest absolute Gasteiger partial charge is 0.304 e. The molecule has 31 heteroatoms. The number of ketones is 2. The summed E-state index contributed by atoms with van der Waals surface area (Å²) in [4.78, 5) is 171. The van der Waals surface area contributed by atoms with Crippen molar-refractivity contribution in [1.82, 2.24) is 71.7 Å². The molecule has 15 N–H and O–H groups in total. The number of carboxylic acid groups (broad SMARTS) is 1. The number of nitrogens with zero attached hydrogens (tertiary/aromatic N) is 5. The van der Waals surface area contributed by atoms with Crippen LogP contribution in [-0.4, -0.2) is 171 Å². The van der Waals surface area contributed by atoms with Crippen molar-refractivity contribution in [2.75, 3.05) is 19.6 Å². The normalized spacial score (nSPS) is 22.4.